The maximum Gasteiger partial charge on any atom is 0.251 e. The van der Waals surface area contributed by atoms with Gasteiger partial charge in [0.05, 0.1) is 0 Å². The first-order valence-electron chi connectivity index (χ1n) is 5.50. The molecule has 1 aromatic carbocycles. The van der Waals surface area contributed by atoms with Crippen molar-refractivity contribution in [3.8, 4) is 0 Å². The highest BCUT2D eigenvalue weighted by Gasteiger charge is 2.04. The van der Waals surface area contributed by atoms with E-state index in [0.29, 0.717) is 24.4 Å². The summed E-state index contributed by atoms with van der Waals surface area (Å²) in [6, 6.07) is 7.21. The van der Waals surface area contributed by atoms with Gasteiger partial charge in [-0.05, 0) is 24.1 Å². The molecule has 0 saturated heterocycles. The van der Waals surface area contributed by atoms with E-state index in [0.717, 1.165) is 12.0 Å². The van der Waals surface area contributed by atoms with Gasteiger partial charge in [0.2, 0.25) is 0 Å². The minimum absolute atomic E-state index is 0.101. The van der Waals surface area contributed by atoms with Crippen molar-refractivity contribution in [2.75, 3.05) is 18.6 Å². The average molecular weight is 254 g/mol. The molecule has 0 aliphatic heterocycles. The van der Waals surface area contributed by atoms with Crippen LogP contribution in [0, 0.1) is 0 Å². The van der Waals surface area contributed by atoms with Gasteiger partial charge in [-0.25, -0.2) is 0 Å². The van der Waals surface area contributed by atoms with Crippen molar-refractivity contribution in [2.45, 2.75) is 13.0 Å². The Kier molecular flexibility index (Phi) is 5.86. The Morgan fingerprint density at radius 3 is 2.53 bits per heavy atom. The fraction of sp³-hybridized carbons (Fsp3) is 0.417. The van der Waals surface area contributed by atoms with Crippen LogP contribution in [0.15, 0.2) is 24.3 Å². The zero-order chi connectivity index (χ0) is 12.7. The van der Waals surface area contributed by atoms with Gasteiger partial charge in [-0.15, -0.1) is 0 Å². The van der Waals surface area contributed by atoms with Crippen LogP contribution in [0.4, 0.5) is 0 Å². The summed E-state index contributed by atoms with van der Waals surface area (Å²) in [6.07, 6.45) is 2.39. The summed E-state index contributed by atoms with van der Waals surface area (Å²) < 4.78 is 10.8. The lowest BCUT2D eigenvalue weighted by Crippen LogP contribution is -2.25. The minimum atomic E-state index is -0.794. The van der Waals surface area contributed by atoms with Gasteiger partial charge >= 0.3 is 0 Å². The van der Waals surface area contributed by atoms with Gasteiger partial charge in [-0.2, -0.15) is 0 Å². The molecule has 1 unspecified atom stereocenters. The van der Waals surface area contributed by atoms with E-state index in [1.807, 2.05) is 12.1 Å². The Bertz CT molecular complexity index is 390. The monoisotopic (exact) mass is 254 g/mol. The van der Waals surface area contributed by atoms with Crippen LogP contribution in [0.25, 0.3) is 0 Å². The molecule has 0 heterocycles. The minimum Gasteiger partial charge on any atom is -0.352 e. The van der Waals surface area contributed by atoms with Crippen LogP contribution in [0.2, 0.25) is 0 Å². The normalized spacial score (nSPS) is 12.1. The Labute approximate surface area is 104 Å². The van der Waals surface area contributed by atoms with Gasteiger partial charge in [-0.3, -0.25) is 9.00 Å². The van der Waals surface area contributed by atoms with E-state index in [1.165, 1.54) is 0 Å². The molecule has 17 heavy (non-hydrogen) atoms. The van der Waals surface area contributed by atoms with E-state index in [1.54, 1.807) is 18.4 Å². The molecule has 0 bridgehead atoms. The summed E-state index contributed by atoms with van der Waals surface area (Å²) in [5, 5.41) is 2.79. The fourth-order valence-electron chi connectivity index (χ4n) is 1.37. The molecular weight excluding hydrogens is 236 g/mol. The first-order chi connectivity index (χ1) is 8.13. The number of rotatable bonds is 6. The summed E-state index contributed by atoms with van der Waals surface area (Å²) in [6.45, 7) is 1.03. The highest BCUT2D eigenvalue weighted by atomic mass is 32.2. The second kappa shape index (κ2) is 7.19. The Morgan fingerprint density at radius 1 is 1.35 bits per heavy atom. The first kappa shape index (κ1) is 13.9. The summed E-state index contributed by atoms with van der Waals surface area (Å²) >= 11 is 0. The largest absolute Gasteiger partial charge is 0.352 e. The zero-order valence-electron chi connectivity index (χ0n) is 9.94. The lowest BCUT2D eigenvalue weighted by molar-refractivity contribution is 0.0953. The van der Waals surface area contributed by atoms with Gasteiger partial charge in [-0.1, -0.05) is 12.1 Å². The maximum atomic E-state index is 11.7. The molecule has 0 aliphatic rings. The van der Waals surface area contributed by atoms with Crippen molar-refractivity contribution in [2.24, 2.45) is 5.73 Å². The van der Waals surface area contributed by atoms with E-state index in [-0.39, 0.29) is 5.91 Å². The predicted molar refractivity (Wildman–Crippen MR) is 70.2 cm³/mol. The molecule has 5 heteroatoms. The number of carbonyl (C=O) groups excluding carboxylic acids is 1. The molecule has 0 fully saturated rings. The van der Waals surface area contributed by atoms with E-state index < -0.39 is 10.8 Å². The van der Waals surface area contributed by atoms with Crippen molar-refractivity contribution in [3.05, 3.63) is 35.4 Å². The summed E-state index contributed by atoms with van der Waals surface area (Å²) in [5.74, 6) is 0.516. The molecule has 4 nitrogen and oxygen atoms in total. The van der Waals surface area contributed by atoms with Crippen LogP contribution < -0.4 is 11.1 Å². The molecule has 0 aliphatic carbocycles. The molecule has 1 rings (SSSR count). The second-order valence-corrected chi connectivity index (χ2v) is 5.34. The van der Waals surface area contributed by atoms with E-state index in [2.05, 4.69) is 5.32 Å². The van der Waals surface area contributed by atoms with E-state index in [4.69, 9.17) is 5.73 Å². The average Bonchev–Trinajstić information content (AvgIpc) is 2.34. The quantitative estimate of drug-likeness (QED) is 0.732. The third-order valence-electron chi connectivity index (χ3n) is 2.35. The Hall–Kier alpha value is -1.20. The maximum absolute atomic E-state index is 11.7. The highest BCUT2D eigenvalue weighted by Crippen LogP contribution is 2.03. The first-order valence-corrected chi connectivity index (χ1v) is 7.23. The van der Waals surface area contributed by atoms with Gasteiger partial charge < -0.3 is 11.1 Å². The number of benzene rings is 1. The van der Waals surface area contributed by atoms with Crippen molar-refractivity contribution in [3.63, 3.8) is 0 Å². The van der Waals surface area contributed by atoms with E-state index >= 15 is 0 Å². The number of carbonyl (C=O) groups is 1. The van der Waals surface area contributed by atoms with Crippen LogP contribution in [0.1, 0.15) is 22.3 Å². The fourth-order valence-corrected chi connectivity index (χ4v) is 1.92. The molecule has 1 aromatic rings. The highest BCUT2D eigenvalue weighted by molar-refractivity contribution is 7.84. The number of amides is 1. The third kappa shape index (κ3) is 5.10. The summed E-state index contributed by atoms with van der Waals surface area (Å²) in [7, 11) is -0.794. The number of nitrogens with one attached hydrogen (secondary N) is 1. The third-order valence-corrected chi connectivity index (χ3v) is 3.21. The van der Waals surface area contributed by atoms with Gasteiger partial charge in [0.1, 0.15) is 0 Å². The molecular formula is C12H18N2O2S. The Balaban J connectivity index is 2.38. The topological polar surface area (TPSA) is 72.2 Å². The Morgan fingerprint density at radius 2 is 2.00 bits per heavy atom. The number of hydrogen-bond donors (Lipinski definition) is 2. The molecule has 0 spiro atoms. The molecule has 94 valence electrons. The van der Waals surface area contributed by atoms with Crippen LogP contribution in [0.5, 0.6) is 0 Å². The van der Waals surface area contributed by atoms with Gasteiger partial charge in [0.25, 0.3) is 5.91 Å². The van der Waals surface area contributed by atoms with Crippen molar-refractivity contribution >= 4 is 16.7 Å². The van der Waals surface area contributed by atoms with Crippen molar-refractivity contribution in [1.29, 1.82) is 0 Å². The zero-order valence-corrected chi connectivity index (χ0v) is 10.8. The molecule has 0 aromatic heterocycles. The molecule has 3 N–H and O–H groups in total. The predicted octanol–water partition coefficient (Wildman–Crippen LogP) is 0.644. The standard InChI is InChI=1S/C12H18N2O2S/c1-17(16)8-2-7-14-12(15)11-5-3-10(9-13)4-6-11/h3-6H,2,7-9,13H2,1H3,(H,14,15). The summed E-state index contributed by atoms with van der Waals surface area (Å²) in [5.41, 5.74) is 7.10. The van der Waals surface area contributed by atoms with Crippen LogP contribution in [0.3, 0.4) is 0 Å². The lowest BCUT2D eigenvalue weighted by Gasteiger charge is -2.05. The van der Waals surface area contributed by atoms with Crippen LogP contribution in [-0.4, -0.2) is 28.7 Å². The smallest absolute Gasteiger partial charge is 0.251 e. The number of nitrogens with two attached hydrogens (primary N) is 1. The summed E-state index contributed by atoms with van der Waals surface area (Å²) in [4.78, 5) is 11.7. The number of hydrogen-bond acceptors (Lipinski definition) is 3. The van der Waals surface area contributed by atoms with Crippen molar-refractivity contribution in [1.82, 2.24) is 5.32 Å². The molecule has 0 radical (unpaired) electrons. The molecule has 0 saturated carbocycles. The molecule has 1 amide bonds. The van der Waals surface area contributed by atoms with E-state index in [9.17, 15) is 9.00 Å². The SMILES string of the molecule is CS(=O)CCCNC(=O)c1ccc(CN)cc1. The second-order valence-electron chi connectivity index (χ2n) is 3.79. The van der Waals surface area contributed by atoms with Crippen LogP contribution in [-0.2, 0) is 17.3 Å². The lowest BCUT2D eigenvalue weighted by atomic mass is 10.1. The van der Waals surface area contributed by atoms with Gasteiger partial charge in [0.15, 0.2) is 0 Å². The van der Waals surface area contributed by atoms with Gasteiger partial charge in [0, 0.05) is 41.5 Å². The van der Waals surface area contributed by atoms with Crippen molar-refractivity contribution < 1.29 is 9.00 Å². The van der Waals surface area contributed by atoms with Crippen LogP contribution >= 0.6 is 0 Å². The molecule has 1 atom stereocenters.